The summed E-state index contributed by atoms with van der Waals surface area (Å²) in [4.78, 5) is 6.41. The number of hydrogen-bond acceptors (Lipinski definition) is 2. The van der Waals surface area contributed by atoms with Crippen molar-refractivity contribution in [3.63, 3.8) is 0 Å². The summed E-state index contributed by atoms with van der Waals surface area (Å²) >= 11 is 0. The molecule has 72 valence electrons. The van der Waals surface area contributed by atoms with Crippen molar-refractivity contribution in [2.45, 2.75) is 18.9 Å². The third kappa shape index (κ3) is 3.78. The Morgan fingerprint density at radius 3 is 2.25 bits per heavy atom. The molecule has 4 nitrogen and oxygen atoms in total. The van der Waals surface area contributed by atoms with Gasteiger partial charge in [0.05, 0.1) is 6.04 Å². The van der Waals surface area contributed by atoms with Crippen LogP contribution >= 0.6 is 12.4 Å². The molecule has 1 fully saturated rings. The van der Waals surface area contributed by atoms with Gasteiger partial charge in [0.1, 0.15) is 0 Å². The van der Waals surface area contributed by atoms with E-state index in [1.165, 1.54) is 0 Å². The molecule has 0 bridgehead atoms. The molecule has 0 aliphatic carbocycles. The van der Waals surface area contributed by atoms with Crippen molar-refractivity contribution < 1.29 is 0 Å². The molecule has 1 saturated heterocycles. The lowest BCUT2D eigenvalue weighted by Crippen LogP contribution is -2.34. The largest absolute Gasteiger partial charge is 0.370 e. The summed E-state index contributed by atoms with van der Waals surface area (Å²) in [5, 5.41) is 0. The number of rotatable bonds is 1. The molecule has 0 unspecified atom stereocenters. The molecule has 12 heavy (non-hydrogen) atoms. The van der Waals surface area contributed by atoms with Crippen molar-refractivity contribution in [3.05, 3.63) is 0 Å². The van der Waals surface area contributed by atoms with Crippen LogP contribution in [0.3, 0.4) is 0 Å². The van der Waals surface area contributed by atoms with Gasteiger partial charge in [0.2, 0.25) is 0 Å². The van der Waals surface area contributed by atoms with E-state index in [0.29, 0.717) is 6.04 Å². The van der Waals surface area contributed by atoms with E-state index < -0.39 is 0 Å². The third-order valence-electron chi connectivity index (χ3n) is 2.02. The standard InChI is InChI=1S/C7H16N4.ClH/c1-11-4-2-6(3-5-11)10-7(8)9;/h6H,2-5H2,1H3,(H4,8,9,10);1H. The zero-order valence-electron chi connectivity index (χ0n) is 7.36. The average Bonchev–Trinajstić information content (AvgIpc) is 1.93. The Bertz CT molecular complexity index is 147. The molecule has 1 aliphatic rings. The first-order chi connectivity index (χ1) is 5.18. The van der Waals surface area contributed by atoms with E-state index in [9.17, 15) is 0 Å². The van der Waals surface area contributed by atoms with E-state index in [4.69, 9.17) is 11.5 Å². The smallest absolute Gasteiger partial charge is 0.186 e. The maximum Gasteiger partial charge on any atom is 0.186 e. The second kappa shape index (κ2) is 5.22. The molecular formula is C7H17ClN4. The number of hydrogen-bond donors (Lipinski definition) is 2. The van der Waals surface area contributed by atoms with Crippen LogP contribution in [0.15, 0.2) is 4.99 Å². The minimum Gasteiger partial charge on any atom is -0.370 e. The van der Waals surface area contributed by atoms with Gasteiger partial charge in [-0.25, -0.2) is 0 Å². The molecule has 0 atom stereocenters. The fourth-order valence-electron chi connectivity index (χ4n) is 1.33. The summed E-state index contributed by atoms with van der Waals surface area (Å²) in [5.74, 6) is 0.222. The number of halogens is 1. The molecule has 4 N–H and O–H groups in total. The van der Waals surface area contributed by atoms with Crippen LogP contribution in [0.5, 0.6) is 0 Å². The van der Waals surface area contributed by atoms with E-state index >= 15 is 0 Å². The fourth-order valence-corrected chi connectivity index (χ4v) is 1.33. The van der Waals surface area contributed by atoms with Crippen molar-refractivity contribution in [2.75, 3.05) is 20.1 Å². The highest BCUT2D eigenvalue weighted by Gasteiger charge is 2.14. The van der Waals surface area contributed by atoms with Crippen LogP contribution in [0.4, 0.5) is 0 Å². The Labute approximate surface area is 79.4 Å². The number of guanidine groups is 1. The molecule has 0 saturated carbocycles. The van der Waals surface area contributed by atoms with Crippen LogP contribution < -0.4 is 11.5 Å². The highest BCUT2D eigenvalue weighted by molar-refractivity contribution is 5.85. The average molecular weight is 193 g/mol. The summed E-state index contributed by atoms with van der Waals surface area (Å²) in [6.45, 7) is 2.20. The minimum atomic E-state index is 0. The van der Waals surface area contributed by atoms with Gasteiger partial charge in [-0.15, -0.1) is 12.4 Å². The van der Waals surface area contributed by atoms with Gasteiger partial charge < -0.3 is 16.4 Å². The van der Waals surface area contributed by atoms with Gasteiger partial charge in [-0.2, -0.15) is 0 Å². The predicted molar refractivity (Wildman–Crippen MR) is 53.6 cm³/mol. The lowest BCUT2D eigenvalue weighted by molar-refractivity contribution is 0.257. The lowest BCUT2D eigenvalue weighted by atomic mass is 10.1. The molecular weight excluding hydrogens is 176 g/mol. The third-order valence-corrected chi connectivity index (χ3v) is 2.02. The second-order valence-corrected chi connectivity index (χ2v) is 3.09. The predicted octanol–water partition coefficient (Wildman–Crippen LogP) is -0.224. The van der Waals surface area contributed by atoms with Crippen molar-refractivity contribution in [2.24, 2.45) is 16.5 Å². The first kappa shape index (κ1) is 11.5. The number of aliphatic imine (C=N–C) groups is 1. The first-order valence-corrected chi connectivity index (χ1v) is 3.96. The SMILES string of the molecule is CN1CCC(N=C(N)N)CC1.Cl. The monoisotopic (exact) mass is 192 g/mol. The zero-order valence-corrected chi connectivity index (χ0v) is 8.18. The Kier molecular flexibility index (Phi) is 5.01. The van der Waals surface area contributed by atoms with Crippen LogP contribution in [0.1, 0.15) is 12.8 Å². The Hall–Kier alpha value is -0.480. The quantitative estimate of drug-likeness (QED) is 0.446. The van der Waals surface area contributed by atoms with Crippen LogP contribution in [0.25, 0.3) is 0 Å². The van der Waals surface area contributed by atoms with Crippen molar-refractivity contribution >= 4 is 18.4 Å². The fraction of sp³-hybridized carbons (Fsp3) is 0.857. The van der Waals surface area contributed by atoms with E-state index in [1.807, 2.05) is 0 Å². The molecule has 1 heterocycles. The summed E-state index contributed by atoms with van der Waals surface area (Å²) in [7, 11) is 2.12. The lowest BCUT2D eigenvalue weighted by Gasteiger charge is -2.26. The maximum absolute atomic E-state index is 5.27. The number of piperidine rings is 1. The molecule has 0 radical (unpaired) electrons. The van der Waals surface area contributed by atoms with Gasteiger partial charge in [-0.1, -0.05) is 0 Å². The molecule has 5 heteroatoms. The van der Waals surface area contributed by atoms with Crippen LogP contribution in [-0.4, -0.2) is 37.0 Å². The van der Waals surface area contributed by atoms with E-state index in [1.54, 1.807) is 0 Å². The van der Waals surface area contributed by atoms with Crippen molar-refractivity contribution in [1.82, 2.24) is 4.90 Å². The van der Waals surface area contributed by atoms with E-state index in [2.05, 4.69) is 16.9 Å². The molecule has 0 amide bonds. The Morgan fingerprint density at radius 1 is 1.33 bits per heavy atom. The van der Waals surface area contributed by atoms with Gasteiger partial charge in [-0.3, -0.25) is 4.99 Å². The van der Waals surface area contributed by atoms with E-state index in [-0.39, 0.29) is 18.4 Å². The number of likely N-dealkylation sites (tertiary alicyclic amines) is 1. The first-order valence-electron chi connectivity index (χ1n) is 3.96. The van der Waals surface area contributed by atoms with Crippen LogP contribution in [0, 0.1) is 0 Å². The molecule has 0 aromatic rings. The molecule has 0 spiro atoms. The van der Waals surface area contributed by atoms with Gasteiger partial charge in [0.15, 0.2) is 5.96 Å². The normalized spacial score (nSPS) is 19.8. The highest BCUT2D eigenvalue weighted by Crippen LogP contribution is 2.10. The topological polar surface area (TPSA) is 67.6 Å². The maximum atomic E-state index is 5.27. The van der Waals surface area contributed by atoms with Crippen molar-refractivity contribution in [1.29, 1.82) is 0 Å². The molecule has 1 rings (SSSR count). The van der Waals surface area contributed by atoms with E-state index in [0.717, 1.165) is 25.9 Å². The number of nitrogens with two attached hydrogens (primary N) is 2. The summed E-state index contributed by atoms with van der Waals surface area (Å²) < 4.78 is 0. The number of nitrogens with zero attached hydrogens (tertiary/aromatic N) is 2. The van der Waals surface area contributed by atoms with Gasteiger partial charge in [-0.05, 0) is 33.0 Å². The second-order valence-electron chi connectivity index (χ2n) is 3.09. The zero-order chi connectivity index (χ0) is 8.27. The Morgan fingerprint density at radius 2 is 1.83 bits per heavy atom. The Balaban J connectivity index is 0.00000121. The van der Waals surface area contributed by atoms with Crippen molar-refractivity contribution in [3.8, 4) is 0 Å². The van der Waals surface area contributed by atoms with Crippen LogP contribution in [-0.2, 0) is 0 Å². The van der Waals surface area contributed by atoms with Gasteiger partial charge in [0, 0.05) is 0 Å². The van der Waals surface area contributed by atoms with Gasteiger partial charge in [0.25, 0.3) is 0 Å². The van der Waals surface area contributed by atoms with Gasteiger partial charge >= 0.3 is 0 Å². The highest BCUT2D eigenvalue weighted by atomic mass is 35.5. The summed E-state index contributed by atoms with van der Waals surface area (Å²) in [5.41, 5.74) is 10.5. The minimum absolute atomic E-state index is 0. The van der Waals surface area contributed by atoms with Crippen LogP contribution in [0.2, 0.25) is 0 Å². The summed E-state index contributed by atoms with van der Waals surface area (Å²) in [6, 6.07) is 0.358. The molecule has 1 aliphatic heterocycles. The molecule has 0 aromatic heterocycles. The molecule has 0 aromatic carbocycles. The summed E-state index contributed by atoms with van der Waals surface area (Å²) in [6.07, 6.45) is 2.16.